The maximum absolute atomic E-state index is 6.04. The Kier molecular flexibility index (Phi) is 6.11. The smallest absolute Gasteiger partial charge is 0.193 e. The van der Waals surface area contributed by atoms with Gasteiger partial charge in [-0.25, -0.2) is 0 Å². The largest absolute Gasteiger partial charge is 0.356 e. The maximum atomic E-state index is 6.04. The predicted octanol–water partition coefficient (Wildman–Crippen LogP) is 3.24. The van der Waals surface area contributed by atoms with Crippen molar-refractivity contribution in [1.29, 1.82) is 0 Å². The molecule has 0 aliphatic rings. The van der Waals surface area contributed by atoms with Crippen molar-refractivity contribution in [2.24, 2.45) is 12.0 Å². The van der Waals surface area contributed by atoms with E-state index < -0.39 is 0 Å². The minimum absolute atomic E-state index is 0.757. The zero-order valence-corrected chi connectivity index (χ0v) is 15.1. The lowest BCUT2D eigenvalue weighted by molar-refractivity contribution is 0.462. The molecule has 0 saturated heterocycles. The first-order valence-electron chi connectivity index (χ1n) is 7.78. The first kappa shape index (κ1) is 17.4. The molecular weight excluding hydrogens is 308 g/mol. The van der Waals surface area contributed by atoms with Gasteiger partial charge in [0.2, 0.25) is 0 Å². The molecule has 0 atom stereocenters. The number of aliphatic imine (C=N–C) groups is 1. The fourth-order valence-electron chi connectivity index (χ4n) is 2.63. The third-order valence-corrected chi connectivity index (χ3v) is 4.19. The van der Waals surface area contributed by atoms with Gasteiger partial charge >= 0.3 is 0 Å². The fraction of sp³-hybridized carbons (Fsp3) is 0.389. The molecule has 2 aromatic rings. The second-order valence-electron chi connectivity index (χ2n) is 5.77. The van der Waals surface area contributed by atoms with E-state index in [-0.39, 0.29) is 0 Å². The number of nitrogens with one attached hydrogen (secondary N) is 1. The van der Waals surface area contributed by atoms with Gasteiger partial charge in [-0.1, -0.05) is 35.9 Å². The summed E-state index contributed by atoms with van der Waals surface area (Å²) in [5.41, 5.74) is 3.85. The second kappa shape index (κ2) is 8.06. The molecule has 0 fully saturated rings. The number of halogens is 1. The number of rotatable bonds is 5. The number of benzene rings is 1. The molecule has 0 saturated carbocycles. The van der Waals surface area contributed by atoms with Crippen molar-refractivity contribution in [2.75, 3.05) is 20.6 Å². The lowest BCUT2D eigenvalue weighted by Gasteiger charge is -2.22. The van der Waals surface area contributed by atoms with E-state index in [1.54, 1.807) is 0 Å². The van der Waals surface area contributed by atoms with E-state index in [1.807, 2.05) is 38.0 Å². The third kappa shape index (κ3) is 4.76. The monoisotopic (exact) mass is 332 g/mol. The number of hydrogen-bond donors (Lipinski definition) is 1. The minimum atomic E-state index is 0.757. The van der Waals surface area contributed by atoms with Crippen molar-refractivity contribution in [3.05, 3.63) is 58.4 Å². The maximum Gasteiger partial charge on any atom is 0.193 e. The van der Waals surface area contributed by atoms with Gasteiger partial charge in [-0.05, 0) is 30.5 Å². The Morgan fingerprint density at radius 2 is 2.09 bits per heavy atom. The van der Waals surface area contributed by atoms with Gasteiger partial charge in [0.1, 0.15) is 0 Å². The Balaban J connectivity index is 1.90. The molecule has 0 aliphatic heterocycles. The zero-order chi connectivity index (χ0) is 16.8. The summed E-state index contributed by atoms with van der Waals surface area (Å²) in [6, 6.07) is 10.5. The summed E-state index contributed by atoms with van der Waals surface area (Å²) >= 11 is 6.04. The van der Waals surface area contributed by atoms with Gasteiger partial charge in [-0.15, -0.1) is 0 Å². The van der Waals surface area contributed by atoms with E-state index in [9.17, 15) is 0 Å². The van der Waals surface area contributed by atoms with E-state index in [0.717, 1.165) is 36.2 Å². The molecule has 4 nitrogen and oxygen atoms in total. The summed E-state index contributed by atoms with van der Waals surface area (Å²) in [5, 5.41) is 4.19. The highest BCUT2D eigenvalue weighted by Crippen LogP contribution is 2.14. The van der Waals surface area contributed by atoms with E-state index in [0.29, 0.717) is 0 Å². The normalized spacial score (nSPS) is 11.6. The van der Waals surface area contributed by atoms with Crippen LogP contribution in [-0.4, -0.2) is 36.1 Å². The number of aromatic nitrogens is 1. The second-order valence-corrected chi connectivity index (χ2v) is 6.20. The SMILES string of the molecule is CN=C(NCCc1ccccc1C)N(C)Cc1cc(Cl)cn1C. The molecule has 0 spiro atoms. The number of nitrogens with zero attached hydrogens (tertiary/aromatic N) is 3. The number of hydrogen-bond acceptors (Lipinski definition) is 1. The molecule has 0 aliphatic carbocycles. The van der Waals surface area contributed by atoms with Crippen molar-refractivity contribution in [3.63, 3.8) is 0 Å². The van der Waals surface area contributed by atoms with Crippen LogP contribution < -0.4 is 5.32 Å². The lowest BCUT2D eigenvalue weighted by atomic mass is 10.1. The average Bonchev–Trinajstić information content (AvgIpc) is 2.83. The summed E-state index contributed by atoms with van der Waals surface area (Å²) in [6.07, 6.45) is 2.90. The van der Waals surface area contributed by atoms with Crippen LogP contribution in [0.15, 0.2) is 41.5 Å². The summed E-state index contributed by atoms with van der Waals surface area (Å²) in [5.74, 6) is 0.885. The molecule has 0 amide bonds. The predicted molar refractivity (Wildman–Crippen MR) is 98.1 cm³/mol. The minimum Gasteiger partial charge on any atom is -0.356 e. The van der Waals surface area contributed by atoms with Gasteiger partial charge in [-0.3, -0.25) is 4.99 Å². The van der Waals surface area contributed by atoms with E-state index in [2.05, 4.69) is 46.4 Å². The van der Waals surface area contributed by atoms with E-state index in [1.165, 1.54) is 11.1 Å². The topological polar surface area (TPSA) is 32.6 Å². The van der Waals surface area contributed by atoms with Crippen molar-refractivity contribution in [1.82, 2.24) is 14.8 Å². The Bertz CT molecular complexity index is 675. The standard InChI is InChI=1S/C18H25ClN4/c1-14-7-5-6-8-15(14)9-10-21-18(20-2)23(4)13-17-11-16(19)12-22(17)3/h5-8,11-12H,9-10,13H2,1-4H3,(H,20,21). The fourth-order valence-corrected chi connectivity index (χ4v) is 2.90. The first-order valence-corrected chi connectivity index (χ1v) is 8.16. The Labute approximate surface area is 143 Å². The van der Waals surface area contributed by atoms with Crippen LogP contribution in [-0.2, 0) is 20.0 Å². The van der Waals surface area contributed by atoms with Crippen molar-refractivity contribution in [3.8, 4) is 0 Å². The van der Waals surface area contributed by atoms with Crippen LogP contribution in [0.2, 0.25) is 5.02 Å². The molecule has 1 aromatic heterocycles. The van der Waals surface area contributed by atoms with Crippen molar-refractivity contribution >= 4 is 17.6 Å². The quantitative estimate of drug-likeness (QED) is 0.673. The van der Waals surface area contributed by atoms with E-state index >= 15 is 0 Å². The van der Waals surface area contributed by atoms with Crippen LogP contribution in [0.4, 0.5) is 0 Å². The molecule has 5 heteroatoms. The molecular formula is C18H25ClN4. The lowest BCUT2D eigenvalue weighted by Crippen LogP contribution is -2.39. The van der Waals surface area contributed by atoms with Crippen LogP contribution in [0, 0.1) is 6.92 Å². The molecule has 1 N–H and O–H groups in total. The van der Waals surface area contributed by atoms with Crippen LogP contribution in [0.3, 0.4) is 0 Å². The highest BCUT2D eigenvalue weighted by molar-refractivity contribution is 6.30. The molecule has 0 unspecified atom stereocenters. The molecule has 1 aromatic carbocycles. The number of aryl methyl sites for hydroxylation is 2. The molecule has 124 valence electrons. The van der Waals surface area contributed by atoms with Gasteiger partial charge in [0.15, 0.2) is 5.96 Å². The summed E-state index contributed by atoms with van der Waals surface area (Å²) < 4.78 is 2.04. The zero-order valence-electron chi connectivity index (χ0n) is 14.3. The van der Waals surface area contributed by atoms with Crippen LogP contribution in [0.25, 0.3) is 0 Å². The molecule has 0 bridgehead atoms. The molecule has 0 radical (unpaired) electrons. The first-order chi connectivity index (χ1) is 11.0. The van der Waals surface area contributed by atoms with Crippen molar-refractivity contribution in [2.45, 2.75) is 19.9 Å². The van der Waals surface area contributed by atoms with Gasteiger partial charge in [-0.2, -0.15) is 0 Å². The van der Waals surface area contributed by atoms with Gasteiger partial charge in [0.05, 0.1) is 11.6 Å². The van der Waals surface area contributed by atoms with Gasteiger partial charge in [0, 0.05) is 39.6 Å². The third-order valence-electron chi connectivity index (χ3n) is 3.99. The number of guanidine groups is 1. The van der Waals surface area contributed by atoms with Crippen LogP contribution >= 0.6 is 11.6 Å². The highest BCUT2D eigenvalue weighted by Gasteiger charge is 2.09. The van der Waals surface area contributed by atoms with Crippen LogP contribution in [0.1, 0.15) is 16.8 Å². The van der Waals surface area contributed by atoms with E-state index in [4.69, 9.17) is 11.6 Å². The summed E-state index contributed by atoms with van der Waals surface area (Å²) in [4.78, 5) is 6.46. The molecule has 1 heterocycles. The Morgan fingerprint density at radius 1 is 1.35 bits per heavy atom. The average molecular weight is 333 g/mol. The van der Waals surface area contributed by atoms with Gasteiger partial charge < -0.3 is 14.8 Å². The summed E-state index contributed by atoms with van der Waals surface area (Å²) in [7, 11) is 5.85. The summed E-state index contributed by atoms with van der Waals surface area (Å²) in [6.45, 7) is 3.76. The Hall–Kier alpha value is -1.94. The molecule has 2 rings (SSSR count). The molecule has 23 heavy (non-hydrogen) atoms. The van der Waals surface area contributed by atoms with Crippen LogP contribution in [0.5, 0.6) is 0 Å². The van der Waals surface area contributed by atoms with Gasteiger partial charge in [0.25, 0.3) is 0 Å². The highest BCUT2D eigenvalue weighted by atomic mass is 35.5. The Morgan fingerprint density at radius 3 is 2.70 bits per heavy atom. The van der Waals surface area contributed by atoms with Crippen molar-refractivity contribution < 1.29 is 0 Å².